The van der Waals surface area contributed by atoms with Gasteiger partial charge in [0.1, 0.15) is 5.75 Å². The lowest BCUT2D eigenvalue weighted by Gasteiger charge is -2.24. The third kappa shape index (κ3) is 5.61. The van der Waals surface area contributed by atoms with Gasteiger partial charge < -0.3 is 15.8 Å². The summed E-state index contributed by atoms with van der Waals surface area (Å²) in [4.78, 5) is 18.8. The summed E-state index contributed by atoms with van der Waals surface area (Å²) in [6, 6.07) is 13.7. The van der Waals surface area contributed by atoms with Crippen LogP contribution in [0.3, 0.4) is 0 Å². The van der Waals surface area contributed by atoms with Gasteiger partial charge >= 0.3 is 0 Å². The minimum atomic E-state index is -0.482. The predicted molar refractivity (Wildman–Crippen MR) is 136 cm³/mol. The van der Waals surface area contributed by atoms with E-state index in [1.54, 1.807) is 18.2 Å². The lowest BCUT2D eigenvalue weighted by atomic mass is 9.98. The molecule has 1 aliphatic rings. The van der Waals surface area contributed by atoms with Crippen molar-refractivity contribution in [3.05, 3.63) is 65.0 Å². The van der Waals surface area contributed by atoms with Gasteiger partial charge in [0.2, 0.25) is 5.91 Å². The number of benzene rings is 2. The van der Waals surface area contributed by atoms with E-state index >= 15 is 0 Å². The fourth-order valence-corrected chi connectivity index (χ4v) is 4.56. The molecule has 0 fully saturated rings. The lowest BCUT2D eigenvalue weighted by molar-refractivity contribution is 0.100. The zero-order valence-electron chi connectivity index (χ0n) is 19.3. The van der Waals surface area contributed by atoms with Gasteiger partial charge in [0.05, 0.1) is 17.5 Å². The Hall–Kier alpha value is -3.16. The van der Waals surface area contributed by atoms with Crippen molar-refractivity contribution < 1.29 is 9.53 Å². The minimum absolute atomic E-state index is 0.000303. The number of nitrogens with one attached hydrogen (secondary N) is 1. The molecule has 0 saturated carbocycles. The fourth-order valence-electron chi connectivity index (χ4n) is 3.83. The van der Waals surface area contributed by atoms with Crippen LogP contribution in [0.25, 0.3) is 16.8 Å². The van der Waals surface area contributed by atoms with E-state index in [0.717, 1.165) is 42.4 Å². The van der Waals surface area contributed by atoms with Gasteiger partial charge in [-0.25, -0.2) is 4.98 Å². The van der Waals surface area contributed by atoms with Gasteiger partial charge in [-0.15, -0.1) is 11.3 Å². The minimum Gasteiger partial charge on any atom is -0.489 e. The second-order valence-corrected chi connectivity index (χ2v) is 9.21. The van der Waals surface area contributed by atoms with Crippen LogP contribution >= 0.6 is 11.3 Å². The number of hydrogen-bond acceptors (Lipinski definition) is 6. The number of ether oxygens (including phenoxy) is 1. The summed E-state index contributed by atoms with van der Waals surface area (Å²) in [5, 5.41) is 6.04. The van der Waals surface area contributed by atoms with E-state index in [9.17, 15) is 4.79 Å². The van der Waals surface area contributed by atoms with E-state index in [1.165, 1.54) is 22.5 Å². The molecule has 1 amide bonds. The number of amides is 1. The number of primary amides is 1. The SMILES string of the molecule is CCN1CC=C(c2ccc(-c3csc(Nc4cc(C(N)=O)ccc4OC(C)C)n3)cc2)CC1. The van der Waals surface area contributed by atoms with Gasteiger partial charge in [-0.05, 0) is 56.1 Å². The highest BCUT2D eigenvalue weighted by atomic mass is 32.1. The fraction of sp³-hybridized carbons (Fsp3) is 0.308. The van der Waals surface area contributed by atoms with E-state index in [2.05, 4.69) is 47.5 Å². The molecule has 0 spiro atoms. The van der Waals surface area contributed by atoms with Crippen LogP contribution in [-0.2, 0) is 0 Å². The number of nitrogens with two attached hydrogens (primary N) is 1. The molecular formula is C26H30N4O2S. The number of likely N-dealkylation sites (N-methyl/N-ethyl adjacent to an activating group) is 1. The molecule has 0 radical (unpaired) electrons. The van der Waals surface area contributed by atoms with Crippen LogP contribution in [0.1, 0.15) is 43.1 Å². The second kappa shape index (κ2) is 10.2. The molecule has 1 aliphatic heterocycles. The Kier molecular flexibility index (Phi) is 7.11. The van der Waals surface area contributed by atoms with Crippen LogP contribution in [0, 0.1) is 0 Å². The molecule has 2 heterocycles. The summed E-state index contributed by atoms with van der Waals surface area (Å²) in [6.45, 7) is 9.36. The highest BCUT2D eigenvalue weighted by Gasteiger charge is 2.14. The smallest absolute Gasteiger partial charge is 0.248 e. The molecular weight excluding hydrogens is 432 g/mol. The summed E-state index contributed by atoms with van der Waals surface area (Å²) in [6.07, 6.45) is 3.42. The molecule has 0 saturated heterocycles. The molecule has 7 heteroatoms. The molecule has 3 aromatic rings. The number of carbonyl (C=O) groups excluding carboxylic acids is 1. The van der Waals surface area contributed by atoms with Gasteiger partial charge in [0.25, 0.3) is 0 Å². The molecule has 0 unspecified atom stereocenters. The maximum Gasteiger partial charge on any atom is 0.248 e. The first-order valence-electron chi connectivity index (χ1n) is 11.3. The average molecular weight is 463 g/mol. The van der Waals surface area contributed by atoms with E-state index < -0.39 is 5.91 Å². The van der Waals surface area contributed by atoms with Crippen molar-refractivity contribution in [2.75, 3.05) is 25.0 Å². The molecule has 0 aliphatic carbocycles. The van der Waals surface area contributed by atoms with Crippen LogP contribution in [0.15, 0.2) is 53.9 Å². The first kappa shape index (κ1) is 23.0. The zero-order chi connectivity index (χ0) is 23.4. The van der Waals surface area contributed by atoms with E-state index in [1.807, 2.05) is 19.2 Å². The average Bonchev–Trinajstić information content (AvgIpc) is 3.28. The van der Waals surface area contributed by atoms with Gasteiger partial charge in [-0.3, -0.25) is 9.69 Å². The zero-order valence-corrected chi connectivity index (χ0v) is 20.1. The summed E-state index contributed by atoms with van der Waals surface area (Å²) in [7, 11) is 0. The van der Waals surface area contributed by atoms with Crippen molar-refractivity contribution in [1.82, 2.24) is 9.88 Å². The maximum absolute atomic E-state index is 11.6. The van der Waals surface area contributed by atoms with Crippen molar-refractivity contribution in [3.63, 3.8) is 0 Å². The van der Waals surface area contributed by atoms with Crippen molar-refractivity contribution in [1.29, 1.82) is 0 Å². The third-order valence-corrected chi connectivity index (χ3v) is 6.42. The third-order valence-electron chi connectivity index (χ3n) is 5.66. The Morgan fingerprint density at radius 1 is 1.21 bits per heavy atom. The molecule has 2 aromatic carbocycles. The van der Waals surface area contributed by atoms with Gasteiger partial charge in [-0.2, -0.15) is 0 Å². The van der Waals surface area contributed by atoms with Crippen LogP contribution < -0.4 is 15.8 Å². The van der Waals surface area contributed by atoms with Gasteiger partial charge in [-0.1, -0.05) is 37.3 Å². The number of thiazole rings is 1. The van der Waals surface area contributed by atoms with Crippen molar-refractivity contribution >= 4 is 33.6 Å². The number of aromatic nitrogens is 1. The standard InChI is InChI=1S/C26H30N4O2S/c1-4-30-13-11-19(12-14-30)18-5-7-20(8-6-18)23-16-33-26(29-23)28-22-15-21(25(27)31)9-10-24(22)32-17(2)3/h5-11,15-17H,4,12-14H2,1-3H3,(H2,27,31)(H,28,29). The summed E-state index contributed by atoms with van der Waals surface area (Å²) in [5.74, 6) is 0.169. The van der Waals surface area contributed by atoms with Gasteiger partial charge in [0.15, 0.2) is 5.13 Å². The van der Waals surface area contributed by atoms with Crippen LogP contribution in [0.4, 0.5) is 10.8 Å². The number of hydrogen-bond donors (Lipinski definition) is 2. The number of nitrogens with zero attached hydrogens (tertiary/aromatic N) is 2. The summed E-state index contributed by atoms with van der Waals surface area (Å²) in [5.41, 5.74) is 11.2. The monoisotopic (exact) mass is 462 g/mol. The molecule has 0 atom stereocenters. The van der Waals surface area contributed by atoms with Crippen molar-refractivity contribution in [3.8, 4) is 17.0 Å². The Morgan fingerprint density at radius 3 is 2.61 bits per heavy atom. The highest BCUT2D eigenvalue weighted by Crippen LogP contribution is 2.33. The first-order valence-corrected chi connectivity index (χ1v) is 12.2. The molecule has 1 aromatic heterocycles. The largest absolute Gasteiger partial charge is 0.489 e. The van der Waals surface area contributed by atoms with E-state index in [0.29, 0.717) is 17.0 Å². The second-order valence-electron chi connectivity index (χ2n) is 8.35. The summed E-state index contributed by atoms with van der Waals surface area (Å²) >= 11 is 1.51. The lowest BCUT2D eigenvalue weighted by Crippen LogP contribution is -2.27. The first-order chi connectivity index (χ1) is 15.9. The Balaban J connectivity index is 1.51. The predicted octanol–water partition coefficient (Wildman–Crippen LogP) is 5.55. The topological polar surface area (TPSA) is 80.5 Å². The normalized spacial score (nSPS) is 14.2. The number of anilines is 2. The van der Waals surface area contributed by atoms with Crippen LogP contribution in [-0.4, -0.2) is 41.5 Å². The number of rotatable bonds is 8. The van der Waals surface area contributed by atoms with Crippen molar-refractivity contribution in [2.24, 2.45) is 5.73 Å². The van der Waals surface area contributed by atoms with Gasteiger partial charge in [0, 0.05) is 29.6 Å². The van der Waals surface area contributed by atoms with E-state index in [-0.39, 0.29) is 6.10 Å². The number of carbonyl (C=O) groups is 1. The van der Waals surface area contributed by atoms with Crippen LogP contribution in [0.5, 0.6) is 5.75 Å². The quantitative estimate of drug-likeness (QED) is 0.459. The molecule has 0 bridgehead atoms. The molecule has 3 N–H and O–H groups in total. The maximum atomic E-state index is 11.6. The molecule has 6 nitrogen and oxygen atoms in total. The molecule has 4 rings (SSSR count). The van der Waals surface area contributed by atoms with Crippen LogP contribution in [0.2, 0.25) is 0 Å². The molecule has 33 heavy (non-hydrogen) atoms. The Bertz CT molecular complexity index is 1150. The van der Waals surface area contributed by atoms with Crippen molar-refractivity contribution in [2.45, 2.75) is 33.3 Å². The highest BCUT2D eigenvalue weighted by molar-refractivity contribution is 7.14. The summed E-state index contributed by atoms with van der Waals surface area (Å²) < 4.78 is 5.88. The van der Waals surface area contributed by atoms with E-state index in [4.69, 9.17) is 15.5 Å². The Morgan fingerprint density at radius 2 is 1.97 bits per heavy atom. The molecule has 172 valence electrons. The Labute approximate surface area is 199 Å².